The van der Waals surface area contributed by atoms with Crippen LogP contribution in [0.3, 0.4) is 0 Å². The lowest BCUT2D eigenvalue weighted by Gasteiger charge is -2.46. The van der Waals surface area contributed by atoms with E-state index in [9.17, 15) is 27.6 Å². The SMILES string of the molecule is CC[C@@H]1C[C@]1(CC(=O)[C@@H]1C[C@@H](Oc2cc(-c3nc(C(C)C)cs3)nc3c(Cl)c(OCCN4CCOCC4)ccc23)[C@H]2CN(C(=O)OC(C)(C)C)[C@H](C(C)C)C(=O)N21)C(=O)NS(=O)(=O)C1CC1. The Morgan fingerprint density at radius 3 is 2.42 bits per heavy atom. The third-order valence-electron chi connectivity index (χ3n) is 13.5. The molecule has 5 aliphatic rings. The molecule has 0 spiro atoms. The molecule has 66 heavy (non-hydrogen) atoms. The van der Waals surface area contributed by atoms with Crippen LogP contribution in [0, 0.1) is 17.3 Å². The van der Waals surface area contributed by atoms with Crippen molar-refractivity contribution in [2.75, 3.05) is 46.0 Å². The minimum atomic E-state index is -3.87. The normalized spacial score (nSPS) is 25.9. The first kappa shape index (κ1) is 48.4. The number of nitrogens with one attached hydrogen (secondary N) is 1. The molecule has 2 aliphatic carbocycles. The van der Waals surface area contributed by atoms with Crippen molar-refractivity contribution >= 4 is 67.6 Å². The van der Waals surface area contributed by atoms with E-state index in [0.29, 0.717) is 85.2 Å². The number of halogens is 1. The van der Waals surface area contributed by atoms with Gasteiger partial charge in [0.2, 0.25) is 21.8 Å². The number of morpholine rings is 1. The molecule has 6 atom stereocenters. The summed E-state index contributed by atoms with van der Waals surface area (Å²) in [6, 6.07) is 2.60. The number of thiazole rings is 1. The Morgan fingerprint density at radius 1 is 1.08 bits per heavy atom. The minimum Gasteiger partial charge on any atom is -0.491 e. The van der Waals surface area contributed by atoms with Crippen LogP contribution in [0.1, 0.15) is 106 Å². The topological polar surface area (TPSA) is 187 Å². The molecule has 19 heteroatoms. The highest BCUT2D eigenvalue weighted by molar-refractivity contribution is 7.90. The van der Waals surface area contributed by atoms with Gasteiger partial charge in [0, 0.05) is 55.9 Å². The number of ether oxygens (including phenoxy) is 4. The standard InChI is InChI=1S/C47H63ClN6O10S2/c1-9-28-22-47(28,44(57)51-66(59,60)29-10-11-29)23-35(55)33-21-38(34-24-53(45(58)64-46(6,7)8)41(27(4)5)43(56)54(33)34)63-37-20-31(42-50-32(25-65-42)26(2)3)49-40-30(37)12-13-36(39(40)48)62-19-16-52-14-17-61-18-15-52/h12-13,20,25-29,33-34,38,41H,9-11,14-19,21-24H2,1-8H3,(H,51,57)/t28-,33+,34-,38-,41-,47-/m1/s1. The van der Waals surface area contributed by atoms with E-state index in [1.165, 1.54) is 16.2 Å². The van der Waals surface area contributed by atoms with Crippen molar-refractivity contribution in [3.8, 4) is 22.2 Å². The summed E-state index contributed by atoms with van der Waals surface area (Å²) in [5.74, 6) is -1.02. The van der Waals surface area contributed by atoms with Gasteiger partial charge < -0.3 is 23.8 Å². The van der Waals surface area contributed by atoms with Crippen LogP contribution in [-0.4, -0.2) is 138 Å². The van der Waals surface area contributed by atoms with E-state index in [-0.39, 0.29) is 47.9 Å². The molecule has 2 aromatic heterocycles. The molecule has 1 aromatic carbocycles. The number of fused-ring (bicyclic) bond motifs is 2. The number of amides is 3. The average molecular weight is 972 g/mol. The highest BCUT2D eigenvalue weighted by Crippen LogP contribution is 2.58. The first-order chi connectivity index (χ1) is 31.2. The molecule has 3 aromatic rings. The number of carbonyl (C=O) groups excluding carboxylic acids is 4. The molecular formula is C47H63ClN6O10S2. The number of rotatable bonds is 16. The molecule has 8 rings (SSSR count). The van der Waals surface area contributed by atoms with Gasteiger partial charge in [0.1, 0.15) is 51.6 Å². The van der Waals surface area contributed by atoms with E-state index in [1.807, 2.05) is 32.2 Å². The van der Waals surface area contributed by atoms with Crippen molar-refractivity contribution in [2.24, 2.45) is 17.3 Å². The lowest BCUT2D eigenvalue weighted by atomic mass is 9.90. The Balaban J connectivity index is 1.16. The van der Waals surface area contributed by atoms with E-state index in [0.717, 1.165) is 18.8 Å². The van der Waals surface area contributed by atoms with Gasteiger partial charge in [0.15, 0.2) is 5.78 Å². The van der Waals surface area contributed by atoms with Crippen LogP contribution < -0.4 is 14.2 Å². The monoisotopic (exact) mass is 970 g/mol. The fraction of sp³-hybridized carbons (Fsp3) is 0.660. The van der Waals surface area contributed by atoms with Crippen molar-refractivity contribution in [1.82, 2.24) is 29.4 Å². The summed E-state index contributed by atoms with van der Waals surface area (Å²) in [6.45, 7) is 19.1. The molecule has 16 nitrogen and oxygen atoms in total. The number of piperazine rings is 1. The van der Waals surface area contributed by atoms with Crippen molar-refractivity contribution in [3.05, 3.63) is 34.3 Å². The molecule has 5 fully saturated rings. The Morgan fingerprint density at radius 2 is 1.80 bits per heavy atom. The molecule has 0 radical (unpaired) electrons. The smallest absolute Gasteiger partial charge is 0.411 e. The van der Waals surface area contributed by atoms with Crippen LogP contribution in [-0.2, 0) is 33.9 Å². The fourth-order valence-corrected chi connectivity index (χ4v) is 12.3. The highest BCUT2D eigenvalue weighted by Gasteiger charge is 2.63. The van der Waals surface area contributed by atoms with Crippen molar-refractivity contribution < 1.29 is 46.5 Å². The number of ketones is 1. The summed E-state index contributed by atoms with van der Waals surface area (Å²) in [6.07, 6.45) is 0.192. The maximum Gasteiger partial charge on any atom is 0.411 e. The second-order valence-electron chi connectivity index (χ2n) is 20.1. The zero-order chi connectivity index (χ0) is 47.5. The Bertz CT molecular complexity index is 2470. The molecular weight excluding hydrogens is 908 g/mol. The highest BCUT2D eigenvalue weighted by atomic mass is 35.5. The van der Waals surface area contributed by atoms with Gasteiger partial charge in [-0.1, -0.05) is 52.6 Å². The molecule has 3 aliphatic heterocycles. The van der Waals surface area contributed by atoms with Gasteiger partial charge in [-0.15, -0.1) is 11.3 Å². The number of hydrogen-bond acceptors (Lipinski definition) is 14. The van der Waals surface area contributed by atoms with Gasteiger partial charge >= 0.3 is 6.09 Å². The molecule has 0 bridgehead atoms. The van der Waals surface area contributed by atoms with Gasteiger partial charge in [-0.25, -0.2) is 23.2 Å². The molecule has 1 N–H and O–H groups in total. The number of Topliss-reactive ketones (excluding diaryl/α,β-unsaturated/α-hetero) is 1. The predicted octanol–water partition coefficient (Wildman–Crippen LogP) is 6.82. The van der Waals surface area contributed by atoms with Gasteiger partial charge in [0.25, 0.3) is 0 Å². The van der Waals surface area contributed by atoms with Gasteiger partial charge in [0.05, 0.1) is 47.2 Å². The van der Waals surface area contributed by atoms with Crippen LogP contribution in [0.25, 0.3) is 21.6 Å². The number of hydrogen-bond donors (Lipinski definition) is 1. The van der Waals surface area contributed by atoms with Gasteiger partial charge in [-0.2, -0.15) is 0 Å². The lowest BCUT2D eigenvalue weighted by molar-refractivity contribution is -0.152. The first-order valence-corrected chi connectivity index (χ1v) is 26.1. The van der Waals surface area contributed by atoms with Crippen LogP contribution in [0.2, 0.25) is 5.02 Å². The molecule has 360 valence electrons. The third kappa shape index (κ3) is 9.90. The molecule has 2 saturated carbocycles. The summed E-state index contributed by atoms with van der Waals surface area (Å²) in [7, 11) is -3.87. The van der Waals surface area contributed by atoms with E-state index in [4.69, 9.17) is 40.5 Å². The molecule has 0 unspecified atom stereocenters. The van der Waals surface area contributed by atoms with Crippen LogP contribution >= 0.6 is 22.9 Å². The zero-order valence-corrected chi connectivity index (χ0v) is 41.5. The lowest BCUT2D eigenvalue weighted by Crippen LogP contribution is -2.66. The summed E-state index contributed by atoms with van der Waals surface area (Å²) in [5.41, 5.74) is -0.253. The number of nitrogens with zero attached hydrogens (tertiary/aromatic N) is 5. The number of carbonyl (C=O) groups is 4. The van der Waals surface area contributed by atoms with Crippen LogP contribution in [0.4, 0.5) is 4.79 Å². The van der Waals surface area contributed by atoms with E-state index >= 15 is 0 Å². The average Bonchev–Trinajstić information content (AvgIpc) is 4.15. The number of pyridine rings is 1. The fourth-order valence-electron chi connectivity index (χ4n) is 9.67. The van der Waals surface area contributed by atoms with E-state index < -0.39 is 68.4 Å². The summed E-state index contributed by atoms with van der Waals surface area (Å²) < 4.78 is 52.9. The van der Waals surface area contributed by atoms with Crippen molar-refractivity contribution in [2.45, 2.75) is 135 Å². The largest absolute Gasteiger partial charge is 0.491 e. The Labute approximate surface area is 396 Å². The minimum absolute atomic E-state index is 0.00276. The quantitative estimate of drug-likeness (QED) is 0.158. The zero-order valence-electron chi connectivity index (χ0n) is 39.1. The summed E-state index contributed by atoms with van der Waals surface area (Å²) in [5, 5.41) is 2.88. The summed E-state index contributed by atoms with van der Waals surface area (Å²) >= 11 is 8.61. The van der Waals surface area contributed by atoms with Crippen LogP contribution in [0.15, 0.2) is 23.6 Å². The number of sulfonamides is 1. The second kappa shape index (κ2) is 18.8. The van der Waals surface area contributed by atoms with Gasteiger partial charge in [-0.3, -0.25) is 28.9 Å². The van der Waals surface area contributed by atoms with Crippen LogP contribution in [0.5, 0.6) is 11.5 Å². The molecule has 3 saturated heterocycles. The number of aromatic nitrogens is 2. The molecule has 3 amide bonds. The summed E-state index contributed by atoms with van der Waals surface area (Å²) in [4.78, 5) is 72.9. The van der Waals surface area contributed by atoms with E-state index in [1.54, 1.807) is 37.8 Å². The Hall–Kier alpha value is -4.10. The molecule has 5 heterocycles. The van der Waals surface area contributed by atoms with Crippen molar-refractivity contribution in [1.29, 1.82) is 0 Å². The number of benzene rings is 1. The van der Waals surface area contributed by atoms with Crippen molar-refractivity contribution in [3.63, 3.8) is 0 Å². The second-order valence-corrected chi connectivity index (χ2v) is 23.3. The maximum atomic E-state index is 15.0. The first-order valence-electron chi connectivity index (χ1n) is 23.3. The third-order valence-corrected chi connectivity index (χ3v) is 16.6. The Kier molecular flexibility index (Phi) is 13.8. The van der Waals surface area contributed by atoms with Gasteiger partial charge in [-0.05, 0) is 69.9 Å². The maximum absolute atomic E-state index is 15.0. The van der Waals surface area contributed by atoms with E-state index in [2.05, 4.69) is 23.5 Å². The predicted molar refractivity (Wildman–Crippen MR) is 250 cm³/mol.